The van der Waals surface area contributed by atoms with Crippen molar-refractivity contribution in [2.45, 2.75) is 18.6 Å². The number of aliphatic hydroxyl groups is 1. The van der Waals surface area contributed by atoms with E-state index in [0.717, 1.165) is 8.47 Å². The number of carbonyl (C=O) groups is 2. The minimum absolute atomic E-state index is 0.0154. The molecule has 21 heavy (non-hydrogen) atoms. The number of benzene rings is 1. The van der Waals surface area contributed by atoms with Crippen LogP contribution in [0.15, 0.2) is 12.1 Å². The third-order valence-corrected chi connectivity index (χ3v) is 4.82. The summed E-state index contributed by atoms with van der Waals surface area (Å²) in [7, 11) is 1.42. The monoisotopic (exact) mass is 425 g/mol. The van der Waals surface area contributed by atoms with E-state index in [-0.39, 0.29) is 18.5 Å². The molecular weight excluding hydrogens is 413 g/mol. The molecule has 0 aliphatic carbocycles. The molecule has 1 saturated heterocycles. The van der Waals surface area contributed by atoms with Crippen molar-refractivity contribution in [1.82, 2.24) is 4.90 Å². The van der Waals surface area contributed by atoms with E-state index in [9.17, 15) is 14.7 Å². The molecule has 0 unspecified atom stereocenters. The molecule has 1 amide bonds. The Hall–Kier alpha value is -1.06. The third-order valence-electron chi connectivity index (χ3n) is 3.30. The number of carboxylic acids is 1. The number of carbonyl (C=O) groups excluding carboxylic acids is 1. The van der Waals surface area contributed by atoms with Gasteiger partial charge in [0.15, 0.2) is 0 Å². The molecule has 0 spiro atoms. The molecule has 2 N–H and O–H groups in total. The van der Waals surface area contributed by atoms with Crippen LogP contribution in [0.1, 0.15) is 16.8 Å². The Morgan fingerprint density at radius 3 is 2.71 bits per heavy atom. The average molecular weight is 426 g/mol. The van der Waals surface area contributed by atoms with Gasteiger partial charge in [-0.1, -0.05) is 11.6 Å². The molecule has 0 aromatic heterocycles. The Balaban J connectivity index is 2.40. The number of rotatable bonds is 3. The van der Waals surface area contributed by atoms with E-state index < -0.39 is 24.0 Å². The van der Waals surface area contributed by atoms with E-state index in [1.54, 1.807) is 6.07 Å². The Bertz CT molecular complexity index is 594. The molecule has 114 valence electrons. The molecule has 1 aromatic carbocycles. The highest BCUT2D eigenvalue weighted by molar-refractivity contribution is 14.1. The van der Waals surface area contributed by atoms with Gasteiger partial charge in [0.2, 0.25) is 0 Å². The summed E-state index contributed by atoms with van der Waals surface area (Å²) in [5.74, 6) is -1.34. The highest BCUT2D eigenvalue weighted by atomic mass is 127. The molecule has 6 nitrogen and oxygen atoms in total. The topological polar surface area (TPSA) is 87.1 Å². The van der Waals surface area contributed by atoms with Crippen molar-refractivity contribution in [2.75, 3.05) is 13.7 Å². The maximum absolute atomic E-state index is 12.6. The van der Waals surface area contributed by atoms with Crippen molar-refractivity contribution in [2.24, 2.45) is 0 Å². The largest absolute Gasteiger partial charge is 0.496 e. The Morgan fingerprint density at radius 2 is 2.14 bits per heavy atom. The van der Waals surface area contributed by atoms with E-state index in [4.69, 9.17) is 21.4 Å². The summed E-state index contributed by atoms with van der Waals surface area (Å²) in [6, 6.07) is 2.02. The van der Waals surface area contributed by atoms with E-state index in [1.165, 1.54) is 13.2 Å². The molecule has 0 bridgehead atoms. The highest BCUT2D eigenvalue weighted by Crippen LogP contribution is 2.31. The van der Waals surface area contributed by atoms with Crippen LogP contribution in [0.2, 0.25) is 5.02 Å². The average Bonchev–Trinajstić information content (AvgIpc) is 2.82. The molecule has 1 heterocycles. The van der Waals surface area contributed by atoms with Gasteiger partial charge in [0.1, 0.15) is 11.8 Å². The summed E-state index contributed by atoms with van der Waals surface area (Å²) >= 11 is 8.03. The number of halogens is 2. The van der Waals surface area contributed by atoms with Crippen molar-refractivity contribution >= 4 is 46.1 Å². The molecule has 1 fully saturated rings. The minimum atomic E-state index is -1.14. The van der Waals surface area contributed by atoms with Gasteiger partial charge in [-0.05, 0) is 34.7 Å². The van der Waals surface area contributed by atoms with Crippen molar-refractivity contribution in [3.8, 4) is 5.75 Å². The lowest BCUT2D eigenvalue weighted by Gasteiger charge is -2.22. The predicted molar refractivity (Wildman–Crippen MR) is 83.8 cm³/mol. The molecule has 0 radical (unpaired) electrons. The van der Waals surface area contributed by atoms with Crippen LogP contribution in [0, 0.1) is 3.57 Å². The number of hydrogen-bond acceptors (Lipinski definition) is 4. The number of ether oxygens (including phenoxy) is 1. The number of carboxylic acid groups (broad SMARTS) is 1. The van der Waals surface area contributed by atoms with E-state index in [2.05, 4.69) is 0 Å². The Labute approximate surface area is 139 Å². The number of aliphatic hydroxyl groups excluding tert-OH is 1. The highest BCUT2D eigenvalue weighted by Gasteiger charge is 2.40. The Morgan fingerprint density at radius 1 is 1.48 bits per heavy atom. The second kappa shape index (κ2) is 6.37. The van der Waals surface area contributed by atoms with Gasteiger partial charge >= 0.3 is 5.97 Å². The summed E-state index contributed by atoms with van der Waals surface area (Å²) < 4.78 is 5.88. The number of hydrogen-bond donors (Lipinski definition) is 2. The zero-order valence-corrected chi connectivity index (χ0v) is 14.0. The fourth-order valence-corrected chi connectivity index (χ4v) is 2.89. The Kier molecular flexibility index (Phi) is 4.95. The van der Waals surface area contributed by atoms with Gasteiger partial charge in [-0.2, -0.15) is 0 Å². The van der Waals surface area contributed by atoms with Crippen LogP contribution in [0.25, 0.3) is 0 Å². The summed E-state index contributed by atoms with van der Waals surface area (Å²) in [6.45, 7) is -0.0252. The van der Waals surface area contributed by atoms with Crippen LogP contribution in [-0.4, -0.2) is 52.8 Å². The van der Waals surface area contributed by atoms with Gasteiger partial charge in [-0.3, -0.25) is 4.79 Å². The van der Waals surface area contributed by atoms with E-state index in [1.807, 2.05) is 22.6 Å². The zero-order valence-electron chi connectivity index (χ0n) is 11.0. The summed E-state index contributed by atoms with van der Waals surface area (Å²) in [5.41, 5.74) is 0.184. The van der Waals surface area contributed by atoms with Crippen LogP contribution in [0.5, 0.6) is 5.75 Å². The first-order valence-electron chi connectivity index (χ1n) is 6.10. The molecule has 1 aliphatic rings. The van der Waals surface area contributed by atoms with Gasteiger partial charge in [0, 0.05) is 16.5 Å². The van der Waals surface area contributed by atoms with Gasteiger partial charge < -0.3 is 19.8 Å². The third kappa shape index (κ3) is 3.24. The number of nitrogens with zero attached hydrogens (tertiary/aromatic N) is 1. The van der Waals surface area contributed by atoms with Crippen LogP contribution in [-0.2, 0) is 4.79 Å². The molecule has 0 saturated carbocycles. The lowest BCUT2D eigenvalue weighted by Crippen LogP contribution is -2.40. The fraction of sp³-hybridized carbons (Fsp3) is 0.385. The second-order valence-corrected chi connectivity index (χ2v) is 6.24. The quantitative estimate of drug-likeness (QED) is 0.719. The lowest BCUT2D eigenvalue weighted by molar-refractivity contribution is -0.141. The first-order valence-corrected chi connectivity index (χ1v) is 7.55. The maximum atomic E-state index is 12.6. The fourth-order valence-electron chi connectivity index (χ4n) is 2.29. The SMILES string of the molecule is COc1cc(I)c(Cl)cc1C(=O)N1C[C@H](O)C[C@H]1C(=O)O. The summed E-state index contributed by atoms with van der Waals surface area (Å²) in [5, 5.41) is 19.2. The van der Waals surface area contributed by atoms with Crippen LogP contribution >= 0.6 is 34.2 Å². The minimum Gasteiger partial charge on any atom is -0.496 e. The predicted octanol–water partition coefficient (Wildman–Crippen LogP) is 1.61. The van der Waals surface area contributed by atoms with Crippen LogP contribution < -0.4 is 4.74 Å². The van der Waals surface area contributed by atoms with Gasteiger partial charge in [0.05, 0.1) is 23.8 Å². The van der Waals surface area contributed by atoms with Crippen LogP contribution in [0.3, 0.4) is 0 Å². The number of amides is 1. The van der Waals surface area contributed by atoms with Gasteiger partial charge in [-0.25, -0.2) is 4.79 Å². The standard InChI is InChI=1S/C13H13ClINO5/c1-21-11-4-9(15)8(14)3-7(11)12(18)16-5-6(17)2-10(16)13(19)20/h3-4,6,10,17H,2,5H2,1H3,(H,19,20)/t6-,10+/m1/s1. The van der Waals surface area contributed by atoms with E-state index >= 15 is 0 Å². The van der Waals surface area contributed by atoms with Gasteiger partial charge in [-0.15, -0.1) is 0 Å². The molecular formula is C13H13ClINO5. The van der Waals surface area contributed by atoms with Crippen molar-refractivity contribution in [3.63, 3.8) is 0 Å². The number of likely N-dealkylation sites (tertiary alicyclic amines) is 1. The number of β-amino-alcohol motifs (C(OH)–C–C–N with tert-alkyl or cyclic N) is 1. The smallest absolute Gasteiger partial charge is 0.326 e. The zero-order chi connectivity index (χ0) is 15.7. The van der Waals surface area contributed by atoms with Crippen molar-refractivity contribution in [1.29, 1.82) is 0 Å². The maximum Gasteiger partial charge on any atom is 0.326 e. The molecule has 1 aromatic rings. The van der Waals surface area contributed by atoms with E-state index in [0.29, 0.717) is 10.8 Å². The molecule has 2 atom stereocenters. The number of methoxy groups -OCH3 is 1. The molecule has 2 rings (SSSR count). The van der Waals surface area contributed by atoms with Crippen LogP contribution in [0.4, 0.5) is 0 Å². The summed E-state index contributed by atoms with van der Waals surface area (Å²) in [6.07, 6.45) is -0.832. The lowest BCUT2D eigenvalue weighted by atomic mass is 10.1. The second-order valence-electron chi connectivity index (χ2n) is 4.67. The van der Waals surface area contributed by atoms with Crippen molar-refractivity contribution in [3.05, 3.63) is 26.3 Å². The van der Waals surface area contributed by atoms with Gasteiger partial charge in [0.25, 0.3) is 5.91 Å². The summed E-state index contributed by atoms with van der Waals surface area (Å²) in [4.78, 5) is 24.9. The first-order chi connectivity index (χ1) is 9.85. The van der Waals surface area contributed by atoms with Crippen molar-refractivity contribution < 1.29 is 24.5 Å². The molecule has 8 heteroatoms. The first kappa shape index (κ1) is 16.3. The molecule has 1 aliphatic heterocycles. The number of aliphatic carboxylic acids is 1. The normalized spacial score (nSPS) is 21.4.